The lowest BCUT2D eigenvalue weighted by molar-refractivity contribution is -0.116. The van der Waals surface area contributed by atoms with Crippen LogP contribution in [-0.2, 0) is 11.8 Å². The van der Waals surface area contributed by atoms with Crippen LogP contribution in [0.4, 0.5) is 0 Å². The molecule has 13 heavy (non-hydrogen) atoms. The highest BCUT2D eigenvalue weighted by molar-refractivity contribution is 8.00. The second kappa shape index (κ2) is 3.49. The van der Waals surface area contributed by atoms with Crippen LogP contribution < -0.4 is 0 Å². The summed E-state index contributed by atoms with van der Waals surface area (Å²) in [4.78, 5) is 11.3. The van der Waals surface area contributed by atoms with E-state index in [1.807, 2.05) is 11.6 Å². The fourth-order valence-electron chi connectivity index (χ4n) is 1.41. The maximum absolute atomic E-state index is 11.3. The number of ketones is 1. The third-order valence-electron chi connectivity index (χ3n) is 2.17. The number of rotatable bonds is 2. The summed E-state index contributed by atoms with van der Waals surface area (Å²) in [6.45, 7) is 0. The molecule has 70 valence electrons. The van der Waals surface area contributed by atoms with E-state index < -0.39 is 0 Å². The van der Waals surface area contributed by atoms with Gasteiger partial charge >= 0.3 is 0 Å². The van der Waals surface area contributed by atoms with Crippen LogP contribution in [0, 0.1) is 0 Å². The Morgan fingerprint density at radius 2 is 2.54 bits per heavy atom. The lowest BCUT2D eigenvalue weighted by Gasteiger charge is -2.05. The molecule has 1 aliphatic carbocycles. The molecule has 2 rings (SSSR count). The van der Waals surface area contributed by atoms with Crippen molar-refractivity contribution in [3.63, 3.8) is 0 Å². The monoisotopic (exact) mass is 197 g/mol. The van der Waals surface area contributed by atoms with E-state index in [1.165, 1.54) is 11.8 Å². The number of carbonyl (C=O) groups is 1. The second-order valence-electron chi connectivity index (χ2n) is 3.19. The van der Waals surface area contributed by atoms with Crippen molar-refractivity contribution in [2.24, 2.45) is 7.05 Å². The second-order valence-corrected chi connectivity index (χ2v) is 4.36. The molecular weight excluding hydrogens is 186 g/mol. The molecule has 5 heteroatoms. The quantitative estimate of drug-likeness (QED) is 0.710. The number of aromatic nitrogens is 3. The molecular formula is C8H11N3OS. The summed E-state index contributed by atoms with van der Waals surface area (Å²) < 4.78 is 1.84. The fraction of sp³-hybridized carbons (Fsp3) is 0.625. The van der Waals surface area contributed by atoms with Crippen LogP contribution in [0.25, 0.3) is 0 Å². The third kappa shape index (κ3) is 1.75. The Hall–Kier alpha value is -0.840. The molecule has 0 amide bonds. The summed E-state index contributed by atoms with van der Waals surface area (Å²) in [5.74, 6) is 0.355. The third-order valence-corrected chi connectivity index (χ3v) is 3.53. The van der Waals surface area contributed by atoms with Crippen molar-refractivity contribution >= 4 is 17.5 Å². The van der Waals surface area contributed by atoms with Gasteiger partial charge in [0.25, 0.3) is 0 Å². The lowest BCUT2D eigenvalue weighted by atomic mass is 10.3. The lowest BCUT2D eigenvalue weighted by Crippen LogP contribution is -2.09. The molecule has 0 N–H and O–H groups in total. The molecule has 1 aromatic rings. The topological polar surface area (TPSA) is 47.8 Å². The van der Waals surface area contributed by atoms with Crippen LogP contribution in [0.5, 0.6) is 0 Å². The maximum atomic E-state index is 11.3. The molecule has 1 aromatic heterocycles. The van der Waals surface area contributed by atoms with Gasteiger partial charge in [0, 0.05) is 13.5 Å². The highest BCUT2D eigenvalue weighted by Gasteiger charge is 2.26. The van der Waals surface area contributed by atoms with Crippen LogP contribution in [0.1, 0.15) is 19.3 Å². The Balaban J connectivity index is 2.06. The number of Topliss-reactive ketones (excluding diaryl/α,β-unsaturated/α-hetero) is 1. The van der Waals surface area contributed by atoms with Gasteiger partial charge in [-0.2, -0.15) is 0 Å². The number of nitrogens with zero attached hydrogens (tertiary/aromatic N) is 3. The van der Waals surface area contributed by atoms with Crippen LogP contribution in [0.15, 0.2) is 11.5 Å². The van der Waals surface area contributed by atoms with E-state index in [-0.39, 0.29) is 5.25 Å². The van der Waals surface area contributed by atoms with Crippen LogP contribution in [0.3, 0.4) is 0 Å². The van der Waals surface area contributed by atoms with Gasteiger partial charge in [0.15, 0.2) is 5.16 Å². The van der Waals surface area contributed by atoms with E-state index in [1.54, 1.807) is 6.33 Å². The van der Waals surface area contributed by atoms with Crippen molar-refractivity contribution in [1.29, 1.82) is 0 Å². The molecule has 1 atom stereocenters. The summed E-state index contributed by atoms with van der Waals surface area (Å²) in [5, 5.41) is 8.65. The minimum absolute atomic E-state index is 0.114. The van der Waals surface area contributed by atoms with E-state index in [2.05, 4.69) is 10.2 Å². The smallest absolute Gasteiger partial charge is 0.191 e. The van der Waals surface area contributed by atoms with E-state index in [0.717, 1.165) is 24.4 Å². The Bertz CT molecular complexity index is 323. The Labute approximate surface area is 80.7 Å². The first kappa shape index (κ1) is 8.74. The molecule has 0 aromatic carbocycles. The minimum Gasteiger partial charge on any atom is -0.312 e. The molecule has 4 nitrogen and oxygen atoms in total. The first-order chi connectivity index (χ1) is 6.27. The largest absolute Gasteiger partial charge is 0.312 e. The van der Waals surface area contributed by atoms with E-state index in [0.29, 0.717) is 5.78 Å². The summed E-state index contributed by atoms with van der Waals surface area (Å²) in [6.07, 6.45) is 4.39. The number of aryl methyl sites for hydroxylation is 1. The summed E-state index contributed by atoms with van der Waals surface area (Å²) in [5.41, 5.74) is 0. The average molecular weight is 197 g/mol. The first-order valence-electron chi connectivity index (χ1n) is 4.31. The molecule has 1 aliphatic rings. The van der Waals surface area contributed by atoms with E-state index in [9.17, 15) is 4.79 Å². The summed E-state index contributed by atoms with van der Waals surface area (Å²) in [6, 6.07) is 0. The molecule has 1 fully saturated rings. The van der Waals surface area contributed by atoms with Crippen LogP contribution >= 0.6 is 11.8 Å². The molecule has 1 saturated carbocycles. The normalized spacial score (nSPS) is 22.5. The van der Waals surface area contributed by atoms with Gasteiger partial charge in [-0.25, -0.2) is 0 Å². The maximum Gasteiger partial charge on any atom is 0.191 e. The predicted molar refractivity (Wildman–Crippen MR) is 49.5 cm³/mol. The van der Waals surface area contributed by atoms with Crippen molar-refractivity contribution < 1.29 is 4.79 Å². The number of carbonyl (C=O) groups excluding carboxylic acids is 1. The van der Waals surface area contributed by atoms with Gasteiger partial charge in [-0.3, -0.25) is 4.79 Å². The van der Waals surface area contributed by atoms with Gasteiger partial charge in [-0.15, -0.1) is 10.2 Å². The van der Waals surface area contributed by atoms with Crippen molar-refractivity contribution in [3.05, 3.63) is 6.33 Å². The van der Waals surface area contributed by atoms with Crippen molar-refractivity contribution in [3.8, 4) is 0 Å². The SMILES string of the molecule is Cn1cnnc1SC1CCCC1=O. The van der Waals surface area contributed by atoms with Crippen molar-refractivity contribution in [1.82, 2.24) is 14.8 Å². The molecule has 0 bridgehead atoms. The van der Waals surface area contributed by atoms with Crippen LogP contribution in [-0.4, -0.2) is 25.8 Å². The predicted octanol–water partition coefficient (Wildman–Crippen LogP) is 1.03. The van der Waals surface area contributed by atoms with Gasteiger partial charge in [0.1, 0.15) is 12.1 Å². The fourth-order valence-corrected chi connectivity index (χ4v) is 2.51. The highest BCUT2D eigenvalue weighted by atomic mass is 32.2. The molecule has 1 heterocycles. The summed E-state index contributed by atoms with van der Waals surface area (Å²) >= 11 is 1.53. The minimum atomic E-state index is 0.114. The molecule has 0 saturated heterocycles. The zero-order valence-corrected chi connectivity index (χ0v) is 8.25. The van der Waals surface area contributed by atoms with Crippen LogP contribution in [0.2, 0.25) is 0 Å². The Kier molecular flexibility index (Phi) is 2.35. The van der Waals surface area contributed by atoms with Crippen molar-refractivity contribution in [2.45, 2.75) is 29.7 Å². The molecule has 0 radical (unpaired) electrons. The van der Waals surface area contributed by atoms with Gasteiger partial charge in [-0.1, -0.05) is 11.8 Å². The van der Waals surface area contributed by atoms with Gasteiger partial charge in [0.2, 0.25) is 0 Å². The number of thioether (sulfide) groups is 1. The average Bonchev–Trinajstić information content (AvgIpc) is 2.65. The summed E-state index contributed by atoms with van der Waals surface area (Å²) in [7, 11) is 1.89. The van der Waals surface area contributed by atoms with Gasteiger partial charge in [-0.05, 0) is 12.8 Å². The van der Waals surface area contributed by atoms with Gasteiger partial charge < -0.3 is 4.57 Å². The first-order valence-corrected chi connectivity index (χ1v) is 5.18. The number of hydrogen-bond acceptors (Lipinski definition) is 4. The van der Waals surface area contributed by atoms with E-state index in [4.69, 9.17) is 0 Å². The molecule has 1 unspecified atom stereocenters. The van der Waals surface area contributed by atoms with E-state index >= 15 is 0 Å². The van der Waals surface area contributed by atoms with Crippen molar-refractivity contribution in [2.75, 3.05) is 0 Å². The Morgan fingerprint density at radius 1 is 1.69 bits per heavy atom. The molecule has 0 aliphatic heterocycles. The van der Waals surface area contributed by atoms with Gasteiger partial charge in [0.05, 0.1) is 5.25 Å². The zero-order chi connectivity index (χ0) is 9.26. The Morgan fingerprint density at radius 3 is 3.08 bits per heavy atom. The molecule has 0 spiro atoms. The standard InChI is InChI=1S/C8H11N3OS/c1-11-5-9-10-8(11)13-7-4-2-3-6(7)12/h5,7H,2-4H2,1H3. The number of hydrogen-bond donors (Lipinski definition) is 0. The highest BCUT2D eigenvalue weighted by Crippen LogP contribution is 2.30. The zero-order valence-electron chi connectivity index (χ0n) is 7.43.